The van der Waals surface area contributed by atoms with Gasteiger partial charge in [-0.1, -0.05) is 6.42 Å². The maximum atomic E-state index is 11.5. The van der Waals surface area contributed by atoms with Crippen LogP contribution in [0.5, 0.6) is 5.75 Å². The molecule has 1 aromatic carbocycles. The molecule has 1 saturated heterocycles. The minimum atomic E-state index is -5.04. The molecule has 1 fully saturated rings. The monoisotopic (exact) mass is 402 g/mol. The van der Waals surface area contributed by atoms with E-state index in [0.717, 1.165) is 12.1 Å². The van der Waals surface area contributed by atoms with Gasteiger partial charge in [-0.15, -0.1) is 0 Å². The van der Waals surface area contributed by atoms with Crippen LogP contribution in [-0.2, 0) is 8.53 Å². The summed E-state index contributed by atoms with van der Waals surface area (Å²) in [6.45, 7) is 7.32. The molecule has 0 aliphatic carbocycles. The van der Waals surface area contributed by atoms with Crippen molar-refractivity contribution >= 4 is 30.1 Å². The first kappa shape index (κ1) is 20.8. The van der Waals surface area contributed by atoms with E-state index < -0.39 is 14.2 Å². The number of carbonyl (C=O) groups is 1. The van der Waals surface area contributed by atoms with E-state index in [1.807, 2.05) is 0 Å². The molecule has 0 unspecified atom stereocenters. The number of nitrogens with one attached hydrogen (secondary N) is 1. The normalized spacial score (nSPS) is 14.8. The third-order valence-electron chi connectivity index (χ3n) is 3.62. The molecule has 1 heterocycles. The van der Waals surface area contributed by atoms with Crippen LogP contribution in [0.4, 0.5) is 5.69 Å². The van der Waals surface area contributed by atoms with Gasteiger partial charge in [-0.05, 0) is 25.9 Å². The van der Waals surface area contributed by atoms with Gasteiger partial charge in [0.1, 0.15) is 0 Å². The summed E-state index contributed by atoms with van der Waals surface area (Å²) in [5, 5.41) is 13.0. The Morgan fingerprint density at radius 1 is 1.21 bits per heavy atom. The van der Waals surface area contributed by atoms with Crippen LogP contribution in [0.3, 0.4) is 0 Å². The van der Waals surface area contributed by atoms with E-state index in [1.165, 1.54) is 50.2 Å². The molecule has 1 aromatic rings. The van der Waals surface area contributed by atoms with E-state index in [2.05, 4.69) is 5.32 Å². The van der Waals surface area contributed by atoms with Gasteiger partial charge in [-0.2, -0.15) is 0 Å². The molecule has 1 aliphatic rings. The molecule has 1 amide bonds. The van der Waals surface area contributed by atoms with Crippen molar-refractivity contribution in [2.45, 2.75) is 46.1 Å². The third-order valence-corrected chi connectivity index (χ3v) is 5.61. The van der Waals surface area contributed by atoms with Crippen molar-refractivity contribution in [3.8, 4) is 5.75 Å². The number of phenolic OH excluding ortho intramolecular Hbond substituents is 1. The summed E-state index contributed by atoms with van der Waals surface area (Å²) in [7, 11) is 0. The Kier molecular flexibility index (Phi) is 8.03. The second-order valence-electron chi connectivity index (χ2n) is 6.01. The van der Waals surface area contributed by atoms with Crippen LogP contribution in [0.25, 0.3) is 0 Å². The van der Waals surface area contributed by atoms with Crippen molar-refractivity contribution in [3.05, 3.63) is 18.2 Å². The van der Waals surface area contributed by atoms with Crippen molar-refractivity contribution < 1.29 is 21.8 Å². The number of rotatable bonds is 3. The second kappa shape index (κ2) is 9.27. The SMILES string of the molecule is C1CCNCC1.CC(=O)N(c1cc([As](=O)(O)O)ccc1O)C(C)C. The van der Waals surface area contributed by atoms with Crippen LogP contribution >= 0.6 is 0 Å². The van der Waals surface area contributed by atoms with Gasteiger partial charge in [0.2, 0.25) is 0 Å². The summed E-state index contributed by atoms with van der Waals surface area (Å²) in [5.41, 5.74) is 0.111. The maximum absolute atomic E-state index is 11.5. The summed E-state index contributed by atoms with van der Waals surface area (Å²) in [5.74, 6) is -0.498. The summed E-state index contributed by atoms with van der Waals surface area (Å²) < 4.78 is 29.4. The second-order valence-corrected chi connectivity index (χ2v) is 9.38. The summed E-state index contributed by atoms with van der Waals surface area (Å²) in [6, 6.07) is 3.28. The number of hydrogen-bond acceptors (Lipinski definition) is 4. The zero-order valence-corrected chi connectivity index (χ0v) is 16.3. The van der Waals surface area contributed by atoms with Crippen molar-refractivity contribution in [1.82, 2.24) is 5.32 Å². The fraction of sp³-hybridized carbons (Fsp3) is 0.562. The Morgan fingerprint density at radius 3 is 2.12 bits per heavy atom. The summed E-state index contributed by atoms with van der Waals surface area (Å²) in [4.78, 5) is 12.8. The number of nitrogens with zero attached hydrogens (tertiary/aromatic N) is 1. The third kappa shape index (κ3) is 6.32. The Bertz CT molecular complexity index is 585. The quantitative estimate of drug-likeness (QED) is 0.548. The van der Waals surface area contributed by atoms with Gasteiger partial charge < -0.3 is 5.32 Å². The Balaban J connectivity index is 0.000000400. The molecule has 0 spiro atoms. The average Bonchev–Trinajstić information content (AvgIpc) is 2.50. The van der Waals surface area contributed by atoms with E-state index in [0.29, 0.717) is 0 Å². The van der Waals surface area contributed by atoms with Gasteiger partial charge in [-0.3, -0.25) is 0 Å². The average molecular weight is 402 g/mol. The van der Waals surface area contributed by atoms with Gasteiger partial charge in [0.05, 0.1) is 0 Å². The fourth-order valence-corrected chi connectivity index (χ4v) is 3.67. The van der Waals surface area contributed by atoms with Gasteiger partial charge in [-0.25, -0.2) is 0 Å². The summed E-state index contributed by atoms with van der Waals surface area (Å²) in [6.07, 6.45) is 4.22. The zero-order valence-electron chi connectivity index (χ0n) is 14.4. The molecule has 2 rings (SSSR count). The predicted molar refractivity (Wildman–Crippen MR) is 93.6 cm³/mol. The first-order valence-corrected chi connectivity index (χ1v) is 11.4. The van der Waals surface area contributed by atoms with E-state index >= 15 is 0 Å². The number of carbonyl (C=O) groups excluding carboxylic acids is 1. The predicted octanol–water partition coefficient (Wildman–Crippen LogP) is 0.474. The van der Waals surface area contributed by atoms with Crippen molar-refractivity contribution in [3.63, 3.8) is 0 Å². The molecule has 0 radical (unpaired) electrons. The van der Waals surface area contributed by atoms with Gasteiger partial charge in [0.25, 0.3) is 0 Å². The van der Waals surface area contributed by atoms with Gasteiger partial charge >= 0.3 is 108 Å². The van der Waals surface area contributed by atoms with Crippen LogP contribution in [-0.4, -0.2) is 52.5 Å². The van der Waals surface area contributed by atoms with E-state index in [9.17, 15) is 13.6 Å². The first-order valence-electron chi connectivity index (χ1n) is 8.04. The van der Waals surface area contributed by atoms with Gasteiger partial charge in [0.15, 0.2) is 0 Å². The molecule has 0 bridgehead atoms. The first-order chi connectivity index (χ1) is 11.1. The topological polar surface area (TPSA) is 110 Å². The van der Waals surface area contributed by atoms with Crippen molar-refractivity contribution in [2.75, 3.05) is 18.0 Å². The molecule has 136 valence electrons. The van der Waals surface area contributed by atoms with E-state index in [4.69, 9.17) is 8.19 Å². The van der Waals surface area contributed by atoms with Crippen LogP contribution in [0.2, 0.25) is 0 Å². The molecule has 0 atom stereocenters. The molecular weight excluding hydrogens is 375 g/mol. The van der Waals surface area contributed by atoms with Crippen LogP contribution in [0.1, 0.15) is 40.0 Å². The van der Waals surface area contributed by atoms with E-state index in [1.54, 1.807) is 13.8 Å². The molecule has 0 saturated carbocycles. The number of amides is 1. The van der Waals surface area contributed by atoms with Crippen molar-refractivity contribution in [1.29, 1.82) is 0 Å². The number of aromatic hydroxyl groups is 1. The standard InChI is InChI=1S/C11H16AsNO5.C5H11N/c1-7(2)13(8(3)14)10-6-9(12(16,17)18)4-5-11(10)15;1-2-4-6-5-3-1/h4-7,15H,1-3H3,(H2,16,17,18);6H,1-5H2. The fourth-order valence-electron chi connectivity index (χ4n) is 2.50. The molecule has 0 aromatic heterocycles. The molecule has 7 nitrogen and oxygen atoms in total. The minimum absolute atomic E-state index is 0.111. The Labute approximate surface area is 145 Å². The Hall–Kier alpha value is -1.27. The van der Waals surface area contributed by atoms with Crippen molar-refractivity contribution in [2.24, 2.45) is 0 Å². The molecule has 1 aliphatic heterocycles. The number of piperidine rings is 1. The number of benzene rings is 1. The molecule has 24 heavy (non-hydrogen) atoms. The van der Waals surface area contributed by atoms with Gasteiger partial charge in [0, 0.05) is 0 Å². The zero-order chi connectivity index (χ0) is 18.3. The Morgan fingerprint density at radius 2 is 1.79 bits per heavy atom. The van der Waals surface area contributed by atoms with Crippen LogP contribution in [0.15, 0.2) is 18.2 Å². The molecular formula is C16H27AsN2O5. The molecule has 8 heteroatoms. The van der Waals surface area contributed by atoms with E-state index in [-0.39, 0.29) is 27.7 Å². The number of phenols is 1. The van der Waals surface area contributed by atoms with Crippen LogP contribution in [0, 0.1) is 0 Å². The summed E-state index contributed by atoms with van der Waals surface area (Å²) >= 11 is -5.04. The van der Waals surface area contributed by atoms with Crippen LogP contribution < -0.4 is 14.6 Å². The number of hydrogen-bond donors (Lipinski definition) is 4. The number of anilines is 1. The molecule has 4 N–H and O–H groups in total.